The van der Waals surface area contributed by atoms with Crippen LogP contribution in [0.15, 0.2) is 40.8 Å². The van der Waals surface area contributed by atoms with Crippen LogP contribution in [0.25, 0.3) is 11.0 Å². The standard InChI is InChI=1S/C17H21N3O/c1-3-14-8-9-15(21-14)12-18-10-11-20-13(2)19-16-6-4-5-7-17(16)20/h4-9,18H,3,10-12H2,1-2H3. The van der Waals surface area contributed by atoms with Crippen molar-refractivity contribution in [1.29, 1.82) is 0 Å². The average molecular weight is 283 g/mol. The van der Waals surface area contributed by atoms with E-state index in [1.807, 2.05) is 18.2 Å². The van der Waals surface area contributed by atoms with Crippen LogP contribution in [0.1, 0.15) is 24.3 Å². The van der Waals surface area contributed by atoms with Crippen molar-refractivity contribution in [1.82, 2.24) is 14.9 Å². The number of aryl methyl sites for hydroxylation is 2. The zero-order chi connectivity index (χ0) is 14.7. The molecular formula is C17H21N3O. The highest BCUT2D eigenvalue weighted by Crippen LogP contribution is 2.15. The first kappa shape index (κ1) is 13.9. The number of hydrogen-bond acceptors (Lipinski definition) is 3. The molecule has 0 saturated heterocycles. The monoisotopic (exact) mass is 283 g/mol. The number of nitrogens with zero attached hydrogens (tertiary/aromatic N) is 2. The minimum absolute atomic E-state index is 0.770. The van der Waals surface area contributed by atoms with Crippen molar-refractivity contribution in [3.63, 3.8) is 0 Å². The van der Waals surface area contributed by atoms with Crippen LogP contribution in [0.3, 0.4) is 0 Å². The van der Waals surface area contributed by atoms with Crippen LogP contribution in [0, 0.1) is 6.92 Å². The van der Waals surface area contributed by atoms with E-state index in [1.54, 1.807) is 0 Å². The van der Waals surface area contributed by atoms with E-state index in [2.05, 4.69) is 46.9 Å². The first-order valence-corrected chi connectivity index (χ1v) is 7.48. The molecule has 0 atom stereocenters. The zero-order valence-electron chi connectivity index (χ0n) is 12.6. The number of benzene rings is 1. The summed E-state index contributed by atoms with van der Waals surface area (Å²) in [6, 6.07) is 12.4. The Morgan fingerprint density at radius 1 is 1.14 bits per heavy atom. The lowest BCUT2D eigenvalue weighted by Gasteiger charge is -2.07. The van der Waals surface area contributed by atoms with E-state index in [0.29, 0.717) is 0 Å². The Hall–Kier alpha value is -2.07. The molecule has 0 fully saturated rings. The van der Waals surface area contributed by atoms with E-state index < -0.39 is 0 Å². The fourth-order valence-electron chi connectivity index (χ4n) is 2.59. The molecule has 0 aliphatic heterocycles. The fourth-order valence-corrected chi connectivity index (χ4v) is 2.59. The van der Waals surface area contributed by atoms with Crippen molar-refractivity contribution in [2.45, 2.75) is 33.4 Å². The highest BCUT2D eigenvalue weighted by Gasteiger charge is 2.06. The summed E-state index contributed by atoms with van der Waals surface area (Å²) >= 11 is 0. The van der Waals surface area contributed by atoms with Gasteiger partial charge in [0.2, 0.25) is 0 Å². The van der Waals surface area contributed by atoms with Crippen molar-refractivity contribution >= 4 is 11.0 Å². The van der Waals surface area contributed by atoms with Gasteiger partial charge in [-0.3, -0.25) is 0 Å². The van der Waals surface area contributed by atoms with Gasteiger partial charge >= 0.3 is 0 Å². The minimum atomic E-state index is 0.770. The lowest BCUT2D eigenvalue weighted by molar-refractivity contribution is 0.446. The first-order valence-electron chi connectivity index (χ1n) is 7.48. The van der Waals surface area contributed by atoms with Gasteiger partial charge in [0.1, 0.15) is 17.3 Å². The molecule has 4 heteroatoms. The molecule has 3 rings (SSSR count). The number of fused-ring (bicyclic) bond motifs is 1. The Bertz CT molecular complexity index is 727. The number of hydrogen-bond donors (Lipinski definition) is 1. The molecule has 21 heavy (non-hydrogen) atoms. The van der Waals surface area contributed by atoms with Crippen LogP contribution in [0.5, 0.6) is 0 Å². The second-order valence-electron chi connectivity index (χ2n) is 5.20. The van der Waals surface area contributed by atoms with Crippen molar-refractivity contribution in [3.8, 4) is 0 Å². The first-order chi connectivity index (χ1) is 10.3. The third-order valence-corrected chi connectivity index (χ3v) is 3.72. The van der Waals surface area contributed by atoms with Crippen LogP contribution < -0.4 is 5.32 Å². The van der Waals surface area contributed by atoms with Crippen LogP contribution >= 0.6 is 0 Å². The van der Waals surface area contributed by atoms with E-state index in [4.69, 9.17) is 4.42 Å². The number of nitrogens with one attached hydrogen (secondary N) is 1. The molecule has 0 aliphatic carbocycles. The molecule has 3 aromatic rings. The number of furan rings is 1. The largest absolute Gasteiger partial charge is 0.465 e. The molecule has 0 amide bonds. The fraction of sp³-hybridized carbons (Fsp3) is 0.353. The summed E-state index contributed by atoms with van der Waals surface area (Å²) in [5, 5.41) is 3.43. The third-order valence-electron chi connectivity index (χ3n) is 3.72. The number of aromatic nitrogens is 2. The third kappa shape index (κ3) is 3.00. The van der Waals surface area contributed by atoms with Crippen molar-refractivity contribution in [2.24, 2.45) is 0 Å². The molecule has 4 nitrogen and oxygen atoms in total. The van der Waals surface area contributed by atoms with Crippen molar-refractivity contribution in [2.75, 3.05) is 6.54 Å². The molecule has 110 valence electrons. The quantitative estimate of drug-likeness (QED) is 0.706. The van der Waals surface area contributed by atoms with Gasteiger partial charge in [-0.1, -0.05) is 19.1 Å². The van der Waals surface area contributed by atoms with E-state index in [1.165, 1.54) is 5.52 Å². The summed E-state index contributed by atoms with van der Waals surface area (Å²) in [7, 11) is 0. The molecule has 1 aromatic carbocycles. The van der Waals surface area contributed by atoms with Crippen molar-refractivity contribution < 1.29 is 4.42 Å². The van der Waals surface area contributed by atoms with Gasteiger partial charge in [0.15, 0.2) is 0 Å². The highest BCUT2D eigenvalue weighted by molar-refractivity contribution is 5.75. The maximum absolute atomic E-state index is 5.68. The molecule has 0 aliphatic rings. The summed E-state index contributed by atoms with van der Waals surface area (Å²) in [5.74, 6) is 3.10. The van der Waals surface area contributed by atoms with Crippen LogP contribution in [0.4, 0.5) is 0 Å². The van der Waals surface area contributed by atoms with E-state index in [-0.39, 0.29) is 0 Å². The minimum Gasteiger partial charge on any atom is -0.465 e. The average Bonchev–Trinajstić information content (AvgIpc) is 3.08. The summed E-state index contributed by atoms with van der Waals surface area (Å²) in [5.41, 5.74) is 2.26. The normalized spacial score (nSPS) is 11.3. The SMILES string of the molecule is CCc1ccc(CNCCn2c(C)nc3ccccc32)o1. The molecule has 2 heterocycles. The van der Waals surface area contributed by atoms with Crippen LogP contribution in [-0.4, -0.2) is 16.1 Å². The highest BCUT2D eigenvalue weighted by atomic mass is 16.3. The maximum atomic E-state index is 5.68. The number of para-hydroxylation sites is 2. The molecule has 0 radical (unpaired) electrons. The molecule has 2 aromatic heterocycles. The Morgan fingerprint density at radius 2 is 1.95 bits per heavy atom. The van der Waals surface area contributed by atoms with Gasteiger partial charge in [-0.05, 0) is 31.2 Å². The lowest BCUT2D eigenvalue weighted by atomic mass is 10.3. The lowest BCUT2D eigenvalue weighted by Crippen LogP contribution is -2.19. The molecule has 0 saturated carbocycles. The van der Waals surface area contributed by atoms with Crippen LogP contribution in [-0.2, 0) is 19.5 Å². The molecule has 0 spiro atoms. The maximum Gasteiger partial charge on any atom is 0.117 e. The Kier molecular flexibility index (Phi) is 4.06. The second kappa shape index (κ2) is 6.14. The summed E-state index contributed by atoms with van der Waals surface area (Å²) in [4.78, 5) is 4.58. The number of rotatable bonds is 6. The van der Waals surface area contributed by atoms with Crippen LogP contribution in [0.2, 0.25) is 0 Å². The van der Waals surface area contributed by atoms with Crippen molar-refractivity contribution in [3.05, 3.63) is 53.7 Å². The Balaban J connectivity index is 1.58. The molecule has 0 bridgehead atoms. The van der Waals surface area contributed by atoms with Gasteiger partial charge in [0.25, 0.3) is 0 Å². The smallest absolute Gasteiger partial charge is 0.117 e. The summed E-state index contributed by atoms with van der Waals surface area (Å²) in [6.45, 7) is 6.73. The molecule has 0 unspecified atom stereocenters. The van der Waals surface area contributed by atoms with Gasteiger partial charge < -0.3 is 14.3 Å². The molecule has 1 N–H and O–H groups in total. The Labute approximate surface area is 124 Å². The topological polar surface area (TPSA) is 43.0 Å². The van der Waals surface area contributed by atoms with E-state index in [9.17, 15) is 0 Å². The summed E-state index contributed by atoms with van der Waals surface area (Å²) < 4.78 is 7.93. The zero-order valence-corrected chi connectivity index (χ0v) is 12.6. The molecular weight excluding hydrogens is 262 g/mol. The van der Waals surface area contributed by atoms with Gasteiger partial charge in [0.05, 0.1) is 17.6 Å². The predicted molar refractivity (Wildman–Crippen MR) is 84.3 cm³/mol. The van der Waals surface area contributed by atoms with Gasteiger partial charge in [-0.25, -0.2) is 4.98 Å². The van der Waals surface area contributed by atoms with Gasteiger partial charge in [-0.15, -0.1) is 0 Å². The van der Waals surface area contributed by atoms with E-state index >= 15 is 0 Å². The van der Waals surface area contributed by atoms with E-state index in [0.717, 1.165) is 48.9 Å². The van der Waals surface area contributed by atoms with Gasteiger partial charge in [0, 0.05) is 19.5 Å². The second-order valence-corrected chi connectivity index (χ2v) is 5.20. The van der Waals surface area contributed by atoms with Gasteiger partial charge in [-0.2, -0.15) is 0 Å². The Morgan fingerprint density at radius 3 is 2.76 bits per heavy atom. The summed E-state index contributed by atoms with van der Waals surface area (Å²) in [6.07, 6.45) is 0.945. The number of imidazole rings is 1. The predicted octanol–water partition coefficient (Wildman–Crippen LogP) is 3.29.